The Hall–Kier alpha value is -0.904. The SMILES string of the molecule is NC(=O)CCC(N)C(=O)O.NCC(=O)O.[MgH2]. The average molecular weight is 248 g/mol. The third kappa shape index (κ3) is 18.8. The lowest BCUT2D eigenvalue weighted by molar-refractivity contribution is -0.139. The highest BCUT2D eigenvalue weighted by atomic mass is 24.3. The van der Waals surface area contributed by atoms with E-state index in [9.17, 15) is 14.4 Å². The molecule has 8 N–H and O–H groups in total. The minimum Gasteiger partial charge on any atom is -0.480 e. The molecule has 1 amide bonds. The Morgan fingerprint density at radius 3 is 1.75 bits per heavy atom. The molecular formula is C7H17MgN3O5. The predicted octanol–water partition coefficient (Wildman–Crippen LogP) is -3.22. The van der Waals surface area contributed by atoms with E-state index >= 15 is 0 Å². The van der Waals surface area contributed by atoms with Gasteiger partial charge in [-0.05, 0) is 6.42 Å². The summed E-state index contributed by atoms with van der Waals surface area (Å²) in [7, 11) is 0. The number of hydrogen-bond donors (Lipinski definition) is 5. The number of primary amides is 1. The number of aliphatic carboxylic acids is 2. The summed E-state index contributed by atoms with van der Waals surface area (Å²) >= 11 is 0. The Morgan fingerprint density at radius 1 is 1.19 bits per heavy atom. The van der Waals surface area contributed by atoms with E-state index in [1.54, 1.807) is 0 Å². The fourth-order valence-electron chi connectivity index (χ4n) is 0.421. The normalized spacial score (nSPS) is 10.1. The van der Waals surface area contributed by atoms with E-state index in [2.05, 4.69) is 5.73 Å². The van der Waals surface area contributed by atoms with Crippen LogP contribution in [0.1, 0.15) is 12.8 Å². The lowest BCUT2D eigenvalue weighted by Gasteiger charge is -2.01. The van der Waals surface area contributed by atoms with Crippen LogP contribution in [0, 0.1) is 0 Å². The van der Waals surface area contributed by atoms with Gasteiger partial charge in [0.05, 0.1) is 6.54 Å². The Morgan fingerprint density at radius 2 is 1.56 bits per heavy atom. The molecule has 0 aliphatic heterocycles. The van der Waals surface area contributed by atoms with Gasteiger partial charge in [-0.15, -0.1) is 0 Å². The first kappa shape index (κ1) is 20.5. The topological polar surface area (TPSA) is 170 Å². The molecule has 0 saturated carbocycles. The third-order valence-electron chi connectivity index (χ3n) is 1.19. The molecule has 92 valence electrons. The molecule has 16 heavy (non-hydrogen) atoms. The number of nitrogens with two attached hydrogens (primary N) is 3. The van der Waals surface area contributed by atoms with Crippen LogP contribution in [0.5, 0.6) is 0 Å². The maximum Gasteiger partial charge on any atom is 0.320 e. The third-order valence-corrected chi connectivity index (χ3v) is 1.19. The molecule has 8 nitrogen and oxygen atoms in total. The van der Waals surface area contributed by atoms with Gasteiger partial charge < -0.3 is 27.4 Å². The molecule has 9 heteroatoms. The Balaban J connectivity index is -0.000000242. The van der Waals surface area contributed by atoms with Gasteiger partial charge in [0.15, 0.2) is 0 Å². The first-order valence-electron chi connectivity index (χ1n) is 3.99. The van der Waals surface area contributed by atoms with Crippen molar-refractivity contribution in [3.63, 3.8) is 0 Å². The smallest absolute Gasteiger partial charge is 0.320 e. The first-order chi connectivity index (χ1) is 6.81. The van der Waals surface area contributed by atoms with E-state index < -0.39 is 23.9 Å². The molecule has 1 atom stereocenters. The maximum atomic E-state index is 10.1. The zero-order valence-electron chi connectivity index (χ0n) is 8.05. The van der Waals surface area contributed by atoms with E-state index in [1.165, 1.54) is 0 Å². The first-order valence-corrected chi connectivity index (χ1v) is 3.99. The zero-order chi connectivity index (χ0) is 12.4. The summed E-state index contributed by atoms with van der Waals surface area (Å²) in [6.45, 7) is -0.278. The second kappa shape index (κ2) is 12.2. The van der Waals surface area contributed by atoms with Gasteiger partial charge in [-0.2, -0.15) is 0 Å². The predicted molar refractivity (Wildman–Crippen MR) is 59.3 cm³/mol. The van der Waals surface area contributed by atoms with E-state index in [0.717, 1.165) is 0 Å². The van der Waals surface area contributed by atoms with Gasteiger partial charge >= 0.3 is 35.0 Å². The lowest BCUT2D eigenvalue weighted by atomic mass is 10.2. The molecule has 0 aliphatic carbocycles. The van der Waals surface area contributed by atoms with Crippen molar-refractivity contribution in [2.45, 2.75) is 18.9 Å². The summed E-state index contributed by atoms with van der Waals surface area (Å²) in [5.74, 6) is -2.61. The molecule has 0 radical (unpaired) electrons. The molecule has 0 fully saturated rings. The van der Waals surface area contributed by atoms with E-state index in [-0.39, 0.29) is 42.4 Å². The Bertz CT molecular complexity index is 236. The quantitative estimate of drug-likeness (QED) is 0.318. The van der Waals surface area contributed by atoms with Gasteiger partial charge in [0.2, 0.25) is 5.91 Å². The Labute approximate surface area is 108 Å². The van der Waals surface area contributed by atoms with Crippen LogP contribution in [0.15, 0.2) is 0 Å². The minimum atomic E-state index is -1.11. The minimum absolute atomic E-state index is 0. The van der Waals surface area contributed by atoms with Crippen LogP contribution >= 0.6 is 0 Å². The van der Waals surface area contributed by atoms with Crippen molar-refractivity contribution in [3.05, 3.63) is 0 Å². The number of amides is 1. The van der Waals surface area contributed by atoms with Crippen molar-refractivity contribution in [2.24, 2.45) is 17.2 Å². The zero-order valence-corrected chi connectivity index (χ0v) is 8.05. The van der Waals surface area contributed by atoms with Crippen LogP contribution in [0.25, 0.3) is 0 Å². The largest absolute Gasteiger partial charge is 0.480 e. The van der Waals surface area contributed by atoms with Crippen molar-refractivity contribution in [1.82, 2.24) is 0 Å². The number of rotatable bonds is 5. The van der Waals surface area contributed by atoms with Gasteiger partial charge in [-0.1, -0.05) is 0 Å². The average Bonchev–Trinajstić information content (AvgIpc) is 2.14. The van der Waals surface area contributed by atoms with Gasteiger partial charge in [0.25, 0.3) is 0 Å². The summed E-state index contributed by atoms with van der Waals surface area (Å²) < 4.78 is 0. The molecule has 0 aromatic heterocycles. The van der Waals surface area contributed by atoms with Crippen LogP contribution in [0.3, 0.4) is 0 Å². The molecule has 0 aromatic carbocycles. The highest BCUT2D eigenvalue weighted by molar-refractivity contribution is 5.77. The van der Waals surface area contributed by atoms with Gasteiger partial charge in [-0.3, -0.25) is 14.4 Å². The summed E-state index contributed by atoms with van der Waals surface area (Å²) in [5.41, 5.74) is 14.4. The van der Waals surface area contributed by atoms with Crippen LogP contribution in [0.2, 0.25) is 0 Å². The molecule has 0 aliphatic rings. The number of carboxylic acids is 2. The van der Waals surface area contributed by atoms with E-state index in [1.807, 2.05) is 0 Å². The van der Waals surface area contributed by atoms with Crippen molar-refractivity contribution in [2.75, 3.05) is 6.54 Å². The Kier molecular flexibility index (Phi) is 15.6. The maximum absolute atomic E-state index is 10.1. The second-order valence-corrected chi connectivity index (χ2v) is 2.55. The molecular weight excluding hydrogens is 230 g/mol. The standard InChI is InChI=1S/C5H10N2O3.C2H5NO2.Mg.2H/c6-3(5(9)10)1-2-4(7)8;3-1-2(4)5;;;/h3H,1-2,6H2,(H2,7,8)(H,9,10);1,3H2,(H,4,5);;;. The van der Waals surface area contributed by atoms with E-state index in [4.69, 9.17) is 21.7 Å². The monoisotopic (exact) mass is 247 g/mol. The van der Waals surface area contributed by atoms with Crippen LogP contribution < -0.4 is 17.2 Å². The molecule has 0 bridgehead atoms. The molecule has 0 saturated heterocycles. The van der Waals surface area contributed by atoms with Gasteiger partial charge in [-0.25, -0.2) is 0 Å². The summed E-state index contributed by atoms with van der Waals surface area (Å²) in [5, 5.41) is 15.8. The molecule has 0 aromatic rings. The summed E-state index contributed by atoms with van der Waals surface area (Å²) in [6.07, 6.45) is 0.123. The fourth-order valence-corrected chi connectivity index (χ4v) is 0.421. The van der Waals surface area contributed by atoms with Crippen LogP contribution in [-0.2, 0) is 14.4 Å². The van der Waals surface area contributed by atoms with Crippen molar-refractivity contribution < 1.29 is 24.6 Å². The number of carbonyl (C=O) groups is 3. The second-order valence-electron chi connectivity index (χ2n) is 2.55. The molecule has 0 rings (SSSR count). The van der Waals surface area contributed by atoms with Crippen molar-refractivity contribution >= 4 is 40.9 Å². The molecule has 0 spiro atoms. The molecule has 1 unspecified atom stereocenters. The lowest BCUT2D eigenvalue weighted by Crippen LogP contribution is -2.31. The van der Waals surface area contributed by atoms with Crippen LogP contribution in [0.4, 0.5) is 0 Å². The number of hydrogen-bond acceptors (Lipinski definition) is 5. The highest BCUT2D eigenvalue weighted by Gasteiger charge is 2.11. The van der Waals surface area contributed by atoms with Crippen molar-refractivity contribution in [3.8, 4) is 0 Å². The number of carboxylic acid groups (broad SMARTS) is 2. The van der Waals surface area contributed by atoms with Crippen molar-refractivity contribution in [1.29, 1.82) is 0 Å². The van der Waals surface area contributed by atoms with Gasteiger partial charge in [0.1, 0.15) is 6.04 Å². The van der Waals surface area contributed by atoms with Gasteiger partial charge in [0, 0.05) is 6.42 Å². The van der Waals surface area contributed by atoms with Crippen LogP contribution in [-0.4, -0.2) is 63.7 Å². The van der Waals surface area contributed by atoms with E-state index in [0.29, 0.717) is 0 Å². The highest BCUT2D eigenvalue weighted by Crippen LogP contribution is 1.92. The molecule has 0 heterocycles. The number of carbonyl (C=O) groups excluding carboxylic acids is 1. The summed E-state index contributed by atoms with van der Waals surface area (Å²) in [4.78, 5) is 29.4. The summed E-state index contributed by atoms with van der Waals surface area (Å²) in [6, 6.07) is -0.979. The fraction of sp³-hybridized carbons (Fsp3) is 0.571.